The van der Waals surface area contributed by atoms with E-state index in [4.69, 9.17) is 4.55 Å². The van der Waals surface area contributed by atoms with Gasteiger partial charge in [0.1, 0.15) is 0 Å². The second-order valence-corrected chi connectivity index (χ2v) is 3.53. The van der Waals surface area contributed by atoms with Gasteiger partial charge in [-0.15, -0.1) is 0 Å². The van der Waals surface area contributed by atoms with Gasteiger partial charge in [-0.2, -0.15) is 8.42 Å². The van der Waals surface area contributed by atoms with E-state index >= 15 is 0 Å². The molecule has 0 saturated carbocycles. The summed E-state index contributed by atoms with van der Waals surface area (Å²) in [5, 5.41) is 0.752. The molecule has 0 spiro atoms. The fourth-order valence-electron chi connectivity index (χ4n) is 0.729. The van der Waals surface area contributed by atoms with Crippen LogP contribution in [0.25, 0.3) is 6.08 Å². The van der Waals surface area contributed by atoms with E-state index in [9.17, 15) is 8.42 Å². The van der Waals surface area contributed by atoms with E-state index in [2.05, 4.69) is 0 Å². The van der Waals surface area contributed by atoms with Crippen molar-refractivity contribution in [2.24, 2.45) is 0 Å². The fourth-order valence-corrected chi connectivity index (χ4v) is 1.06. The van der Waals surface area contributed by atoms with Gasteiger partial charge in [-0.25, -0.2) is 0 Å². The predicted molar refractivity (Wildman–Crippen MR) is 52.8 cm³/mol. The predicted octanol–water partition coefficient (Wildman–Crippen LogP) is 1.16. The molecule has 0 aliphatic heterocycles. The summed E-state index contributed by atoms with van der Waals surface area (Å²) in [7, 11) is -4.00. The molecule has 0 unspecified atom stereocenters. The van der Waals surface area contributed by atoms with Crippen LogP contribution in [-0.4, -0.2) is 61.9 Å². The maximum absolute atomic E-state index is 10.3. The van der Waals surface area contributed by atoms with Crippen molar-refractivity contribution in [2.75, 3.05) is 0 Å². The van der Waals surface area contributed by atoms with Gasteiger partial charge in [0.05, 0.1) is 5.41 Å². The molecule has 0 aliphatic carbocycles. The van der Waals surface area contributed by atoms with Crippen molar-refractivity contribution in [1.29, 1.82) is 0 Å². The molecule has 5 heteroatoms. The second kappa shape index (κ2) is 6.02. The molecule has 0 bridgehead atoms. The third-order valence-electron chi connectivity index (χ3n) is 1.23. The molecule has 1 N–H and O–H groups in total. The summed E-state index contributed by atoms with van der Waals surface area (Å²) in [6.07, 6.45) is 1.33. The average Bonchev–Trinajstić information content (AvgIpc) is 2.02. The minimum Gasteiger partial charge on any atom is -0.282 e. The minimum atomic E-state index is -4.00. The van der Waals surface area contributed by atoms with Gasteiger partial charge in [-0.1, -0.05) is 30.3 Å². The van der Waals surface area contributed by atoms with Crippen LogP contribution < -0.4 is 0 Å². The molecule has 0 atom stereocenters. The summed E-state index contributed by atoms with van der Waals surface area (Å²) in [6, 6.07) is 8.86. The molecule has 1 aromatic rings. The number of rotatable bonds is 2. The Bertz CT molecular complexity index is 370. The zero-order valence-electron chi connectivity index (χ0n) is 6.92. The molecule has 0 aliphatic rings. The van der Waals surface area contributed by atoms with Gasteiger partial charge in [0.15, 0.2) is 0 Å². The molecule has 0 heterocycles. The van der Waals surface area contributed by atoms with Crippen LogP contribution in [-0.2, 0) is 10.1 Å². The SMILES string of the molecule is O=S(=O)(O)C=Cc1ccccc1.[Ba]. The van der Waals surface area contributed by atoms with Crippen LogP contribution in [0.4, 0.5) is 0 Å². The summed E-state index contributed by atoms with van der Waals surface area (Å²) in [5.74, 6) is 0. The molecule has 1 aromatic carbocycles. The Labute approximate surface area is 118 Å². The van der Waals surface area contributed by atoms with Gasteiger partial charge in [-0.3, -0.25) is 4.55 Å². The van der Waals surface area contributed by atoms with Gasteiger partial charge in [0.25, 0.3) is 10.1 Å². The van der Waals surface area contributed by atoms with Crippen LogP contribution in [0.3, 0.4) is 0 Å². The second-order valence-electron chi connectivity index (χ2n) is 2.23. The van der Waals surface area contributed by atoms with Crippen LogP contribution in [0.1, 0.15) is 5.56 Å². The summed E-state index contributed by atoms with van der Waals surface area (Å²) in [5.41, 5.74) is 0.732. The van der Waals surface area contributed by atoms with Crippen LogP contribution >= 0.6 is 0 Å². The summed E-state index contributed by atoms with van der Waals surface area (Å²) in [4.78, 5) is 0. The maximum atomic E-state index is 10.3. The van der Waals surface area contributed by atoms with Crippen molar-refractivity contribution in [2.45, 2.75) is 0 Å². The number of hydrogen-bond acceptors (Lipinski definition) is 2. The van der Waals surface area contributed by atoms with Gasteiger partial charge < -0.3 is 0 Å². The van der Waals surface area contributed by atoms with Crippen molar-refractivity contribution in [3.05, 3.63) is 41.3 Å². The Hall–Kier alpha value is 0.441. The fraction of sp³-hybridized carbons (Fsp3) is 0. The molecule has 3 nitrogen and oxygen atoms in total. The van der Waals surface area contributed by atoms with Crippen LogP contribution in [0.15, 0.2) is 35.7 Å². The van der Waals surface area contributed by atoms with Crippen molar-refractivity contribution in [1.82, 2.24) is 0 Å². The quantitative estimate of drug-likeness (QED) is 0.657. The molecule has 13 heavy (non-hydrogen) atoms. The van der Waals surface area contributed by atoms with E-state index in [1.54, 1.807) is 24.3 Å². The van der Waals surface area contributed by atoms with Crippen LogP contribution in [0, 0.1) is 0 Å². The standard InChI is InChI=1S/C8H8O3S.Ba/c9-12(10,11)7-6-8-4-2-1-3-5-8;/h1-7H,(H,9,10,11);. The molecule has 0 aromatic heterocycles. The molecule has 2 radical (unpaired) electrons. The molecule has 0 fully saturated rings. The topological polar surface area (TPSA) is 54.4 Å². The van der Waals surface area contributed by atoms with E-state index in [0.29, 0.717) is 0 Å². The van der Waals surface area contributed by atoms with Crippen molar-refractivity contribution >= 4 is 65.1 Å². The van der Waals surface area contributed by atoms with Gasteiger partial charge >= 0.3 is 0 Å². The first-order valence-electron chi connectivity index (χ1n) is 3.28. The Kier molecular flexibility index (Phi) is 6.23. The smallest absolute Gasteiger partial charge is 0.282 e. The van der Waals surface area contributed by atoms with E-state index in [-0.39, 0.29) is 48.9 Å². The Morgan fingerprint density at radius 3 is 2.15 bits per heavy atom. The first-order valence-corrected chi connectivity index (χ1v) is 4.79. The Morgan fingerprint density at radius 1 is 1.15 bits per heavy atom. The molecule has 0 saturated heterocycles. The Morgan fingerprint density at radius 2 is 1.69 bits per heavy atom. The summed E-state index contributed by atoms with van der Waals surface area (Å²) in [6.45, 7) is 0. The first-order chi connectivity index (χ1) is 5.58. The van der Waals surface area contributed by atoms with Crippen LogP contribution in [0.2, 0.25) is 0 Å². The molecular formula is C8H8BaO3S. The van der Waals surface area contributed by atoms with Crippen molar-refractivity contribution in [3.63, 3.8) is 0 Å². The largest absolute Gasteiger partial charge is 0.287 e. The monoisotopic (exact) mass is 322 g/mol. The van der Waals surface area contributed by atoms with E-state index in [1.165, 1.54) is 6.08 Å². The molecule has 0 amide bonds. The minimum absolute atomic E-state index is 0. The Balaban J connectivity index is 0.00000144. The number of benzene rings is 1. The third kappa shape index (κ3) is 6.50. The van der Waals surface area contributed by atoms with Crippen LogP contribution in [0.5, 0.6) is 0 Å². The first kappa shape index (κ1) is 13.4. The zero-order chi connectivity index (χ0) is 9.03. The average molecular weight is 322 g/mol. The van der Waals surface area contributed by atoms with Gasteiger partial charge in [0, 0.05) is 48.9 Å². The normalized spacial score (nSPS) is 11.2. The van der Waals surface area contributed by atoms with E-state index in [1.807, 2.05) is 6.07 Å². The third-order valence-corrected chi connectivity index (χ3v) is 1.71. The summed E-state index contributed by atoms with van der Waals surface area (Å²) < 4.78 is 28.9. The molecule has 1 rings (SSSR count). The maximum Gasteiger partial charge on any atom is 0.287 e. The molecular weight excluding hydrogens is 313 g/mol. The van der Waals surface area contributed by atoms with Gasteiger partial charge in [-0.05, 0) is 11.6 Å². The summed E-state index contributed by atoms with van der Waals surface area (Å²) >= 11 is 0. The van der Waals surface area contributed by atoms with E-state index in [0.717, 1.165) is 11.0 Å². The van der Waals surface area contributed by atoms with Crippen molar-refractivity contribution < 1.29 is 13.0 Å². The molecule has 66 valence electrons. The van der Waals surface area contributed by atoms with Gasteiger partial charge in [0.2, 0.25) is 0 Å². The zero-order valence-corrected chi connectivity index (χ0v) is 12.2. The van der Waals surface area contributed by atoms with Crippen molar-refractivity contribution in [3.8, 4) is 0 Å². The number of hydrogen-bond donors (Lipinski definition) is 1. The van der Waals surface area contributed by atoms with E-state index < -0.39 is 10.1 Å².